The van der Waals surface area contributed by atoms with E-state index in [1.54, 1.807) is 182 Å². The molecule has 15 rings (SSSR count). The van der Waals surface area contributed by atoms with Crippen molar-refractivity contribution in [3.8, 4) is 34.0 Å². The van der Waals surface area contributed by atoms with E-state index in [0.717, 1.165) is 59.1 Å². The third-order valence-electron chi connectivity index (χ3n) is 19.5. The first-order chi connectivity index (χ1) is 53.0. The van der Waals surface area contributed by atoms with Crippen molar-refractivity contribution in [1.82, 2.24) is 0 Å². The monoisotopic (exact) mass is 1470 g/mol. The summed E-state index contributed by atoms with van der Waals surface area (Å²) in [6.07, 6.45) is 4.55. The number of esters is 6. The normalized spacial score (nSPS) is 14.5. The Balaban J connectivity index is 1.05. The number of thiophene rings is 2. The van der Waals surface area contributed by atoms with Crippen LogP contribution < -0.4 is 0 Å². The van der Waals surface area contributed by atoms with Crippen LogP contribution in [0, 0.1) is 45.3 Å². The van der Waals surface area contributed by atoms with Crippen LogP contribution in [0.1, 0.15) is 129 Å². The van der Waals surface area contributed by atoms with Gasteiger partial charge < -0.3 is 28.4 Å². The smallest absolute Gasteiger partial charge is 0.333 e. The molecule has 0 fully saturated rings. The fraction of sp³-hybridized carbons (Fsp3) is 0.103. The summed E-state index contributed by atoms with van der Waals surface area (Å²) in [5.41, 5.74) is -14.0. The number of carbonyl (C=O) groups excluding carboxylic acids is 10. The summed E-state index contributed by atoms with van der Waals surface area (Å²) in [6.45, 7) is -3.52. The van der Waals surface area contributed by atoms with Gasteiger partial charge in [0.25, 0.3) is 0 Å². The number of Topliss-reactive ketones (excluding diaryl/α,β-unsaturated/α-hetero) is 4. The average molecular weight is 1470 g/mol. The second-order valence-electron chi connectivity index (χ2n) is 25.7. The molecular weight excluding hydrogens is 1420 g/mol. The van der Waals surface area contributed by atoms with Crippen LogP contribution in [-0.2, 0) is 113 Å². The van der Waals surface area contributed by atoms with Gasteiger partial charge >= 0.3 is 35.8 Å². The molecule has 10 aromatic rings. The van der Waals surface area contributed by atoms with E-state index < -0.39 is 159 Å². The maximum Gasteiger partial charge on any atom is 0.333 e. The lowest BCUT2D eigenvalue weighted by Crippen LogP contribution is -2.53. The molecule has 526 valence electrons. The van der Waals surface area contributed by atoms with Crippen molar-refractivity contribution in [3.05, 3.63) is 351 Å². The van der Waals surface area contributed by atoms with Gasteiger partial charge in [0, 0.05) is 54.3 Å². The molecule has 0 saturated carbocycles. The number of hydrogen-bond donors (Lipinski definition) is 0. The molecule has 0 N–H and O–H groups in total. The van der Waals surface area contributed by atoms with E-state index in [0.29, 0.717) is 33.4 Å². The van der Waals surface area contributed by atoms with Crippen molar-refractivity contribution in [2.24, 2.45) is 0 Å². The summed E-state index contributed by atoms with van der Waals surface area (Å²) >= 11 is 1.59. The van der Waals surface area contributed by atoms with Crippen LogP contribution in [0.25, 0.3) is 21.9 Å². The van der Waals surface area contributed by atoms with Crippen molar-refractivity contribution in [2.75, 3.05) is 0 Å². The minimum Gasteiger partial charge on any atom is -0.459 e. The van der Waals surface area contributed by atoms with E-state index in [4.69, 9.17) is 28.4 Å². The third kappa shape index (κ3) is 11.6. The fourth-order valence-corrected chi connectivity index (χ4v) is 17.2. The van der Waals surface area contributed by atoms with Crippen molar-refractivity contribution in [1.29, 1.82) is 21.0 Å². The van der Waals surface area contributed by atoms with Gasteiger partial charge in [0.05, 0.1) is 43.2 Å². The Labute approximate surface area is 628 Å². The lowest BCUT2D eigenvalue weighted by Gasteiger charge is -2.35. The van der Waals surface area contributed by atoms with Crippen molar-refractivity contribution in [3.63, 3.8) is 0 Å². The van der Waals surface area contributed by atoms with Gasteiger partial charge in [-0.25, -0.2) is 0 Å². The van der Waals surface area contributed by atoms with E-state index in [1.807, 2.05) is 24.3 Å². The van der Waals surface area contributed by atoms with Gasteiger partial charge in [0.1, 0.15) is 63.9 Å². The van der Waals surface area contributed by atoms with Crippen LogP contribution in [0.2, 0.25) is 0 Å². The Morgan fingerprint density at radius 3 is 0.734 bits per heavy atom. The first-order valence-electron chi connectivity index (χ1n) is 33.7. The van der Waals surface area contributed by atoms with E-state index in [2.05, 4.69) is 0 Å². The number of fused-ring (bicyclic) bond motifs is 9. The number of nitriles is 4. The van der Waals surface area contributed by atoms with Crippen LogP contribution in [0.15, 0.2) is 241 Å². The van der Waals surface area contributed by atoms with Gasteiger partial charge in [-0.1, -0.05) is 182 Å². The summed E-state index contributed by atoms with van der Waals surface area (Å²) < 4.78 is 38.4. The molecule has 8 aromatic carbocycles. The number of benzene rings is 8. The van der Waals surface area contributed by atoms with E-state index in [-0.39, 0.29) is 64.0 Å². The van der Waals surface area contributed by atoms with Gasteiger partial charge in [-0.05, 0) is 93.1 Å². The van der Waals surface area contributed by atoms with Gasteiger partial charge in [0.2, 0.25) is 16.2 Å². The van der Waals surface area contributed by atoms with Gasteiger partial charge in [-0.2, -0.15) is 21.0 Å². The first kappa shape index (κ1) is 70.3. The van der Waals surface area contributed by atoms with Crippen LogP contribution in [-0.4, -0.2) is 58.9 Å². The van der Waals surface area contributed by atoms with Crippen molar-refractivity contribution in [2.45, 2.75) is 55.9 Å². The molecule has 0 atom stereocenters. The molecule has 0 spiro atoms. The minimum atomic E-state index is -3.32. The van der Waals surface area contributed by atoms with E-state index >= 15 is 47.9 Å². The molecule has 0 bridgehead atoms. The Hall–Kier alpha value is -14.4. The average Bonchev–Trinajstić information content (AvgIpc) is 1.48. The standard InChI is InChI=1S/C87H50N4O16S2/c88-39-55-31-61-62(32-56(55)40-89)74(93)65(73(61)92)35-59-37-67-69(85(59,79(96)102-43-49-19-7-1-8-20-49)80(97)103-44-50-21-9-2-10-22-50)71-77(108-67)78-72(87(71,83(100)106-47-53-27-15-5-16-28-53)84(101)107-48-54-29-17-6-18-30-54)70-68(109-78)38-60(36-66-75(94)63-33-57(41-90)58(42-91)34-64(63)76(66)95)86(70,81(98)104-45-51-23-11-3-12-24-51)82(99)105-46-52-25-13-4-14-26-52/h1-38H,43-48H2. The highest BCUT2D eigenvalue weighted by Gasteiger charge is 2.72. The lowest BCUT2D eigenvalue weighted by molar-refractivity contribution is -0.168. The van der Waals surface area contributed by atoms with Gasteiger partial charge in [-0.15, -0.1) is 22.7 Å². The fourth-order valence-electron chi connectivity index (χ4n) is 14.3. The Bertz CT molecular complexity index is 5360. The molecular formula is C87H50N4O16S2. The predicted octanol–water partition coefficient (Wildman–Crippen LogP) is 13.3. The second kappa shape index (κ2) is 28.6. The summed E-state index contributed by atoms with van der Waals surface area (Å²) in [4.78, 5) is 161. The highest BCUT2D eigenvalue weighted by molar-refractivity contribution is 7.24. The number of rotatable bonds is 20. The minimum absolute atomic E-state index is 0.0732. The van der Waals surface area contributed by atoms with Crippen LogP contribution in [0.4, 0.5) is 0 Å². The zero-order valence-electron chi connectivity index (χ0n) is 56.8. The number of hydrogen-bond acceptors (Lipinski definition) is 22. The second-order valence-corrected chi connectivity index (χ2v) is 27.8. The third-order valence-corrected chi connectivity index (χ3v) is 21.9. The van der Waals surface area contributed by atoms with Gasteiger partial charge in [-0.3, -0.25) is 47.9 Å². The van der Waals surface area contributed by atoms with Crippen molar-refractivity contribution >= 4 is 93.8 Å². The molecule has 0 radical (unpaired) electrons. The molecule has 2 aromatic heterocycles. The van der Waals surface area contributed by atoms with Crippen LogP contribution >= 0.6 is 22.7 Å². The largest absolute Gasteiger partial charge is 0.459 e. The highest BCUT2D eigenvalue weighted by Crippen LogP contribution is 2.68. The lowest BCUT2D eigenvalue weighted by atomic mass is 9.66. The molecule has 0 saturated heterocycles. The molecule has 5 aliphatic rings. The molecule has 109 heavy (non-hydrogen) atoms. The molecule has 0 amide bonds. The molecule has 0 aliphatic heterocycles. The topological polar surface area (TPSA) is 321 Å². The van der Waals surface area contributed by atoms with Crippen molar-refractivity contribution < 1.29 is 76.4 Å². The summed E-state index contributed by atoms with van der Waals surface area (Å²) in [5, 5.41) is 40.5. The van der Waals surface area contributed by atoms with Crippen LogP contribution in [0.5, 0.6) is 0 Å². The summed E-state index contributed by atoms with van der Waals surface area (Å²) in [7, 11) is 0. The first-order valence-corrected chi connectivity index (χ1v) is 35.3. The van der Waals surface area contributed by atoms with Crippen LogP contribution in [0.3, 0.4) is 0 Å². The van der Waals surface area contributed by atoms with E-state index in [1.165, 1.54) is 12.2 Å². The number of carbonyl (C=O) groups is 10. The number of nitrogens with zero attached hydrogens (tertiary/aromatic N) is 4. The van der Waals surface area contributed by atoms with E-state index in [9.17, 15) is 21.0 Å². The number of ether oxygens (including phenoxy) is 6. The molecule has 5 aliphatic carbocycles. The quantitative estimate of drug-likeness (QED) is 0.0225. The Kier molecular flexibility index (Phi) is 18.4. The Morgan fingerprint density at radius 1 is 0.312 bits per heavy atom. The highest BCUT2D eigenvalue weighted by atomic mass is 32.1. The molecule has 0 unspecified atom stereocenters. The maximum absolute atomic E-state index is 17.3. The zero-order valence-corrected chi connectivity index (χ0v) is 58.5. The summed E-state index contributed by atoms with van der Waals surface area (Å²) in [6, 6.07) is 61.3. The summed E-state index contributed by atoms with van der Waals surface area (Å²) in [5.74, 6) is -12.8. The SMILES string of the molecule is N#Cc1cc2c(cc1C#N)C(=O)C(=CC1=Cc3sc4c(c3C1(C(=O)OCc1ccccc1)C(=O)OCc1ccccc1)C(C(=O)OCc1ccccc1)(C(=O)OCc1ccccc1)c1c-4sc3c1C(C(=O)OCc1ccccc1)(C(=O)OCc1ccccc1)C(C=C1C(=O)c4cc(C#N)c(C#N)cc4C1=O)=C3)C2=O. The Morgan fingerprint density at radius 2 is 0.523 bits per heavy atom. The number of ketones is 4. The molecule has 20 nitrogen and oxygen atoms in total. The molecule has 22 heteroatoms. The predicted molar refractivity (Wildman–Crippen MR) is 390 cm³/mol. The maximum atomic E-state index is 17.3. The zero-order chi connectivity index (χ0) is 75.9. The number of allylic oxidation sites excluding steroid dienone is 4. The van der Waals surface area contributed by atoms with Gasteiger partial charge in [0.15, 0.2) is 23.1 Å². The molecule has 2 heterocycles.